The Hall–Kier alpha value is -1.10. The first-order valence-corrected chi connectivity index (χ1v) is 4.48. The zero-order chi connectivity index (χ0) is 10.6. The predicted octanol–water partition coefficient (Wildman–Crippen LogP) is 0.267. The molecule has 0 spiro atoms. The van der Waals surface area contributed by atoms with Gasteiger partial charge in [0.05, 0.1) is 6.61 Å². The van der Waals surface area contributed by atoms with Crippen molar-refractivity contribution in [1.29, 1.82) is 0 Å². The Labute approximate surface area is 82.6 Å². The molecule has 1 atom stereocenters. The Morgan fingerprint density at radius 1 is 1.29 bits per heavy atom. The molecule has 4 nitrogen and oxygen atoms in total. The minimum Gasteiger partial charge on any atom is -0.508 e. The van der Waals surface area contributed by atoms with Gasteiger partial charge in [-0.2, -0.15) is 0 Å². The van der Waals surface area contributed by atoms with Gasteiger partial charge in [-0.1, -0.05) is 12.1 Å². The van der Waals surface area contributed by atoms with Gasteiger partial charge in [0.1, 0.15) is 5.75 Å². The number of aromatic hydroxyl groups is 1. The molecule has 78 valence electrons. The summed E-state index contributed by atoms with van der Waals surface area (Å²) in [6.45, 7) is -0.205. The summed E-state index contributed by atoms with van der Waals surface area (Å²) in [5.41, 5.74) is 6.87. The number of phenols is 1. The van der Waals surface area contributed by atoms with Crippen LogP contribution in [0.4, 0.5) is 0 Å². The summed E-state index contributed by atoms with van der Waals surface area (Å²) >= 11 is 0. The van der Waals surface area contributed by atoms with Crippen molar-refractivity contribution in [2.45, 2.75) is 19.1 Å². The second kappa shape index (κ2) is 4.95. The molecular weight excluding hydrogens is 182 g/mol. The lowest BCUT2D eigenvalue weighted by atomic mass is 9.98. The molecular formula is C10H15NO3. The largest absolute Gasteiger partial charge is 0.508 e. The third kappa shape index (κ3) is 2.23. The molecule has 0 radical (unpaired) electrons. The first-order chi connectivity index (χ1) is 6.70. The summed E-state index contributed by atoms with van der Waals surface area (Å²) < 4.78 is 0. The predicted molar refractivity (Wildman–Crippen MR) is 52.7 cm³/mol. The van der Waals surface area contributed by atoms with Crippen LogP contribution < -0.4 is 5.73 Å². The average molecular weight is 197 g/mol. The fourth-order valence-corrected chi connectivity index (χ4v) is 1.45. The topological polar surface area (TPSA) is 86.7 Å². The van der Waals surface area contributed by atoms with Gasteiger partial charge in [0.25, 0.3) is 0 Å². The monoisotopic (exact) mass is 197 g/mol. The van der Waals surface area contributed by atoms with Gasteiger partial charge >= 0.3 is 0 Å². The Kier molecular flexibility index (Phi) is 3.88. The molecule has 0 fully saturated rings. The van der Waals surface area contributed by atoms with Crippen molar-refractivity contribution < 1.29 is 15.3 Å². The molecule has 0 unspecified atom stereocenters. The zero-order valence-corrected chi connectivity index (χ0v) is 7.85. The fourth-order valence-electron chi connectivity index (χ4n) is 1.45. The van der Waals surface area contributed by atoms with E-state index in [1.54, 1.807) is 12.1 Å². The van der Waals surface area contributed by atoms with E-state index in [0.29, 0.717) is 17.5 Å². The first kappa shape index (κ1) is 11.0. The lowest BCUT2D eigenvalue weighted by Gasteiger charge is -2.15. The number of hydrogen-bond acceptors (Lipinski definition) is 4. The van der Waals surface area contributed by atoms with Crippen molar-refractivity contribution in [2.24, 2.45) is 5.73 Å². The maximum atomic E-state index is 9.55. The maximum Gasteiger partial charge on any atom is 0.120 e. The van der Waals surface area contributed by atoms with Crippen molar-refractivity contribution >= 4 is 0 Å². The minimum atomic E-state index is -0.441. The summed E-state index contributed by atoms with van der Waals surface area (Å²) in [6, 6.07) is 4.43. The van der Waals surface area contributed by atoms with Gasteiger partial charge in [-0.25, -0.2) is 0 Å². The van der Waals surface area contributed by atoms with Crippen LogP contribution in [0.25, 0.3) is 0 Å². The normalized spacial score (nSPS) is 12.8. The second-order valence-corrected chi connectivity index (χ2v) is 3.13. The first-order valence-electron chi connectivity index (χ1n) is 4.48. The fraction of sp³-hybridized carbons (Fsp3) is 0.400. The quantitative estimate of drug-likeness (QED) is 0.558. The van der Waals surface area contributed by atoms with Crippen molar-refractivity contribution in [3.05, 3.63) is 29.3 Å². The number of hydrogen-bond donors (Lipinski definition) is 4. The van der Waals surface area contributed by atoms with Crippen LogP contribution >= 0.6 is 0 Å². The van der Waals surface area contributed by atoms with E-state index in [-0.39, 0.29) is 19.0 Å². The van der Waals surface area contributed by atoms with Gasteiger partial charge in [0.2, 0.25) is 0 Å². The summed E-state index contributed by atoms with van der Waals surface area (Å²) in [5.74, 6) is 0.0671. The van der Waals surface area contributed by atoms with Gasteiger partial charge in [-0.3, -0.25) is 0 Å². The SMILES string of the molecule is N[C@H](CCO)c1c(O)cccc1CO. The van der Waals surface area contributed by atoms with Crippen molar-refractivity contribution in [3.8, 4) is 5.75 Å². The Morgan fingerprint density at radius 2 is 2.00 bits per heavy atom. The lowest BCUT2D eigenvalue weighted by Crippen LogP contribution is -2.14. The number of rotatable bonds is 4. The zero-order valence-electron chi connectivity index (χ0n) is 7.85. The number of nitrogens with two attached hydrogens (primary N) is 1. The van der Waals surface area contributed by atoms with Gasteiger partial charge in [-0.15, -0.1) is 0 Å². The van der Waals surface area contributed by atoms with Gasteiger partial charge in [0.15, 0.2) is 0 Å². The number of phenolic OH excluding ortho intramolecular Hbond substituents is 1. The van der Waals surface area contributed by atoms with Gasteiger partial charge < -0.3 is 21.1 Å². The van der Waals surface area contributed by atoms with E-state index in [0.717, 1.165) is 0 Å². The molecule has 0 bridgehead atoms. The number of benzene rings is 1. The van der Waals surface area contributed by atoms with E-state index < -0.39 is 6.04 Å². The Balaban J connectivity index is 3.03. The summed E-state index contributed by atoms with van der Waals surface area (Å²) in [6.07, 6.45) is 0.366. The van der Waals surface area contributed by atoms with Crippen molar-refractivity contribution in [1.82, 2.24) is 0 Å². The molecule has 14 heavy (non-hydrogen) atoms. The molecule has 1 rings (SSSR count). The maximum absolute atomic E-state index is 9.55. The number of aliphatic hydroxyl groups excluding tert-OH is 2. The summed E-state index contributed by atoms with van der Waals surface area (Å²) in [5, 5.41) is 27.3. The lowest BCUT2D eigenvalue weighted by molar-refractivity contribution is 0.267. The molecule has 0 amide bonds. The van der Waals surface area contributed by atoms with Crippen LogP contribution in [0.3, 0.4) is 0 Å². The van der Waals surface area contributed by atoms with Gasteiger partial charge in [0, 0.05) is 18.2 Å². The summed E-state index contributed by atoms with van der Waals surface area (Å²) in [7, 11) is 0. The highest BCUT2D eigenvalue weighted by Crippen LogP contribution is 2.28. The standard InChI is InChI=1S/C10H15NO3/c11-8(4-5-12)10-7(6-13)2-1-3-9(10)14/h1-3,8,12-14H,4-6,11H2/t8-/m1/s1. The molecule has 0 saturated carbocycles. The van der Waals surface area contributed by atoms with E-state index in [9.17, 15) is 5.11 Å². The molecule has 0 aliphatic heterocycles. The number of aliphatic hydroxyl groups is 2. The second-order valence-electron chi connectivity index (χ2n) is 3.13. The van der Waals surface area contributed by atoms with Crippen LogP contribution in [0.2, 0.25) is 0 Å². The molecule has 1 aromatic rings. The van der Waals surface area contributed by atoms with E-state index in [1.165, 1.54) is 6.07 Å². The van der Waals surface area contributed by atoms with Crippen LogP contribution in [0.15, 0.2) is 18.2 Å². The smallest absolute Gasteiger partial charge is 0.120 e. The highest BCUT2D eigenvalue weighted by molar-refractivity contribution is 5.41. The minimum absolute atomic E-state index is 0.0413. The van der Waals surface area contributed by atoms with Crippen molar-refractivity contribution in [3.63, 3.8) is 0 Å². The molecule has 0 aliphatic rings. The van der Waals surface area contributed by atoms with Crippen LogP contribution in [0, 0.1) is 0 Å². The van der Waals surface area contributed by atoms with Crippen LogP contribution in [0.1, 0.15) is 23.6 Å². The molecule has 5 N–H and O–H groups in total. The van der Waals surface area contributed by atoms with Crippen molar-refractivity contribution in [2.75, 3.05) is 6.61 Å². The molecule has 0 aliphatic carbocycles. The third-order valence-corrected chi connectivity index (χ3v) is 2.15. The van der Waals surface area contributed by atoms with E-state index >= 15 is 0 Å². The van der Waals surface area contributed by atoms with E-state index in [1.807, 2.05) is 0 Å². The highest BCUT2D eigenvalue weighted by Gasteiger charge is 2.14. The molecule has 0 saturated heterocycles. The van der Waals surface area contributed by atoms with Crippen LogP contribution in [-0.4, -0.2) is 21.9 Å². The van der Waals surface area contributed by atoms with Crippen LogP contribution in [0.5, 0.6) is 5.75 Å². The van der Waals surface area contributed by atoms with Crippen LogP contribution in [-0.2, 0) is 6.61 Å². The van der Waals surface area contributed by atoms with Gasteiger partial charge in [-0.05, 0) is 18.1 Å². The third-order valence-electron chi connectivity index (χ3n) is 2.15. The Bertz CT molecular complexity index is 301. The molecule has 1 aromatic carbocycles. The highest BCUT2D eigenvalue weighted by atomic mass is 16.3. The summed E-state index contributed by atoms with van der Waals surface area (Å²) in [4.78, 5) is 0. The molecule has 4 heteroatoms. The van der Waals surface area contributed by atoms with E-state index in [2.05, 4.69) is 0 Å². The Morgan fingerprint density at radius 3 is 2.57 bits per heavy atom. The molecule has 0 heterocycles. The molecule has 0 aromatic heterocycles. The van der Waals surface area contributed by atoms with E-state index in [4.69, 9.17) is 15.9 Å². The average Bonchev–Trinajstić information content (AvgIpc) is 2.17.